The molecule has 1 heterocycles. The van der Waals surface area contributed by atoms with Gasteiger partial charge in [0.25, 0.3) is 0 Å². The SMILES string of the molecule is Cc1ccc([C@@H]2Oc3ccc(O)cc3[C@H]3CCC[C@H]32)cc1. The highest BCUT2D eigenvalue weighted by Crippen LogP contribution is 2.54. The minimum atomic E-state index is 0.148. The van der Waals surface area contributed by atoms with Gasteiger partial charge in [-0.2, -0.15) is 0 Å². The predicted molar refractivity (Wildman–Crippen MR) is 82.7 cm³/mol. The molecule has 3 atom stereocenters. The molecule has 1 aliphatic heterocycles. The number of phenolic OH excluding ortho intramolecular Hbond substituents is 1. The van der Waals surface area contributed by atoms with Crippen molar-refractivity contribution in [3.63, 3.8) is 0 Å². The summed E-state index contributed by atoms with van der Waals surface area (Å²) in [6, 6.07) is 14.2. The van der Waals surface area contributed by atoms with Crippen molar-refractivity contribution < 1.29 is 9.84 Å². The van der Waals surface area contributed by atoms with Crippen molar-refractivity contribution in [3.05, 3.63) is 59.2 Å². The lowest BCUT2D eigenvalue weighted by Gasteiger charge is -2.36. The number of hydrogen-bond donors (Lipinski definition) is 1. The van der Waals surface area contributed by atoms with Crippen molar-refractivity contribution in [1.82, 2.24) is 0 Å². The zero-order valence-electron chi connectivity index (χ0n) is 12.3. The summed E-state index contributed by atoms with van der Waals surface area (Å²) in [7, 11) is 0. The lowest BCUT2D eigenvalue weighted by Crippen LogP contribution is -2.26. The number of benzene rings is 2. The summed E-state index contributed by atoms with van der Waals surface area (Å²) in [4.78, 5) is 0. The molecule has 1 N–H and O–H groups in total. The van der Waals surface area contributed by atoms with Crippen LogP contribution in [-0.4, -0.2) is 5.11 Å². The zero-order valence-corrected chi connectivity index (χ0v) is 12.3. The van der Waals surface area contributed by atoms with E-state index in [1.807, 2.05) is 12.1 Å². The summed E-state index contributed by atoms with van der Waals surface area (Å²) < 4.78 is 6.32. The fourth-order valence-corrected chi connectivity index (χ4v) is 3.97. The van der Waals surface area contributed by atoms with Crippen LogP contribution in [0.5, 0.6) is 11.5 Å². The quantitative estimate of drug-likeness (QED) is 0.819. The van der Waals surface area contributed by atoms with Gasteiger partial charge < -0.3 is 9.84 Å². The Labute approximate surface area is 125 Å². The topological polar surface area (TPSA) is 29.5 Å². The first kappa shape index (κ1) is 12.8. The third kappa shape index (κ3) is 2.10. The van der Waals surface area contributed by atoms with Gasteiger partial charge in [0.15, 0.2) is 0 Å². The third-order valence-corrected chi connectivity index (χ3v) is 5.01. The molecule has 1 saturated carbocycles. The van der Waals surface area contributed by atoms with Crippen molar-refractivity contribution >= 4 is 0 Å². The molecule has 21 heavy (non-hydrogen) atoms. The van der Waals surface area contributed by atoms with Crippen LogP contribution in [0.3, 0.4) is 0 Å². The second kappa shape index (κ2) is 4.80. The van der Waals surface area contributed by atoms with Gasteiger partial charge in [0.2, 0.25) is 0 Å². The van der Waals surface area contributed by atoms with E-state index in [0.29, 0.717) is 17.6 Å². The molecule has 0 amide bonds. The van der Waals surface area contributed by atoms with E-state index in [1.54, 1.807) is 6.07 Å². The van der Waals surface area contributed by atoms with Gasteiger partial charge in [-0.25, -0.2) is 0 Å². The molecule has 4 rings (SSSR count). The number of hydrogen-bond acceptors (Lipinski definition) is 2. The molecule has 0 radical (unpaired) electrons. The van der Waals surface area contributed by atoms with Gasteiger partial charge in [0.05, 0.1) is 0 Å². The van der Waals surface area contributed by atoms with Crippen LogP contribution >= 0.6 is 0 Å². The Bertz CT molecular complexity index is 660. The smallest absolute Gasteiger partial charge is 0.127 e. The van der Waals surface area contributed by atoms with Crippen LogP contribution < -0.4 is 4.74 Å². The van der Waals surface area contributed by atoms with Crippen LogP contribution in [-0.2, 0) is 0 Å². The summed E-state index contributed by atoms with van der Waals surface area (Å²) in [5.74, 6) is 2.34. The second-order valence-corrected chi connectivity index (χ2v) is 6.37. The van der Waals surface area contributed by atoms with E-state index in [0.717, 1.165) is 5.75 Å². The molecule has 1 fully saturated rings. The molecule has 0 spiro atoms. The van der Waals surface area contributed by atoms with E-state index in [1.165, 1.54) is 36.0 Å². The van der Waals surface area contributed by atoms with E-state index >= 15 is 0 Å². The maximum absolute atomic E-state index is 9.77. The highest BCUT2D eigenvalue weighted by molar-refractivity contribution is 5.45. The lowest BCUT2D eigenvalue weighted by molar-refractivity contribution is 0.104. The van der Waals surface area contributed by atoms with E-state index in [9.17, 15) is 5.11 Å². The molecule has 2 aromatic rings. The highest BCUT2D eigenvalue weighted by atomic mass is 16.5. The van der Waals surface area contributed by atoms with Crippen LogP contribution in [0.4, 0.5) is 0 Å². The van der Waals surface area contributed by atoms with Gasteiger partial charge in [-0.15, -0.1) is 0 Å². The van der Waals surface area contributed by atoms with Crippen molar-refractivity contribution in [2.45, 2.75) is 38.2 Å². The average molecular weight is 280 g/mol. The van der Waals surface area contributed by atoms with Crippen LogP contribution in [0.25, 0.3) is 0 Å². The van der Waals surface area contributed by atoms with E-state index in [-0.39, 0.29) is 6.10 Å². The molecule has 0 aromatic heterocycles. The van der Waals surface area contributed by atoms with Crippen molar-refractivity contribution in [3.8, 4) is 11.5 Å². The first-order valence-corrected chi connectivity index (χ1v) is 7.78. The molecule has 2 aliphatic rings. The summed E-state index contributed by atoms with van der Waals surface area (Å²) in [5.41, 5.74) is 3.75. The van der Waals surface area contributed by atoms with E-state index in [2.05, 4.69) is 31.2 Å². The number of phenols is 1. The minimum Gasteiger partial charge on any atom is -0.508 e. The molecular weight excluding hydrogens is 260 g/mol. The van der Waals surface area contributed by atoms with Crippen molar-refractivity contribution in [1.29, 1.82) is 0 Å². The largest absolute Gasteiger partial charge is 0.508 e. The number of aryl methyl sites for hydroxylation is 1. The second-order valence-electron chi connectivity index (χ2n) is 6.37. The van der Waals surface area contributed by atoms with Gasteiger partial charge >= 0.3 is 0 Å². The monoisotopic (exact) mass is 280 g/mol. The van der Waals surface area contributed by atoms with Crippen LogP contribution in [0, 0.1) is 12.8 Å². The Morgan fingerprint density at radius 3 is 2.67 bits per heavy atom. The first-order chi connectivity index (χ1) is 10.2. The summed E-state index contributed by atoms with van der Waals surface area (Å²) in [6.45, 7) is 2.11. The Morgan fingerprint density at radius 1 is 1.05 bits per heavy atom. The fraction of sp³-hybridized carbons (Fsp3) is 0.368. The summed E-state index contributed by atoms with van der Waals surface area (Å²) in [5, 5.41) is 9.77. The molecule has 0 saturated heterocycles. The van der Waals surface area contributed by atoms with E-state index in [4.69, 9.17) is 4.74 Å². The minimum absolute atomic E-state index is 0.148. The van der Waals surface area contributed by atoms with Crippen molar-refractivity contribution in [2.75, 3.05) is 0 Å². The third-order valence-electron chi connectivity index (χ3n) is 5.01. The molecule has 0 bridgehead atoms. The van der Waals surface area contributed by atoms with Gasteiger partial charge in [0.1, 0.15) is 17.6 Å². The molecule has 1 aliphatic carbocycles. The van der Waals surface area contributed by atoms with Gasteiger partial charge in [-0.3, -0.25) is 0 Å². The summed E-state index contributed by atoms with van der Waals surface area (Å²) in [6.07, 6.45) is 3.80. The fourth-order valence-electron chi connectivity index (χ4n) is 3.97. The Hall–Kier alpha value is -1.96. The molecule has 108 valence electrons. The molecule has 0 unspecified atom stereocenters. The van der Waals surface area contributed by atoms with Crippen LogP contribution in [0.2, 0.25) is 0 Å². The van der Waals surface area contributed by atoms with Gasteiger partial charge in [0, 0.05) is 11.5 Å². The number of aromatic hydroxyl groups is 1. The number of ether oxygens (including phenoxy) is 1. The Kier molecular flexibility index (Phi) is 2.91. The molecule has 2 heteroatoms. The normalized spacial score (nSPS) is 26.8. The zero-order chi connectivity index (χ0) is 14.4. The van der Waals surface area contributed by atoms with Crippen molar-refractivity contribution in [2.24, 2.45) is 5.92 Å². The van der Waals surface area contributed by atoms with E-state index < -0.39 is 0 Å². The maximum Gasteiger partial charge on any atom is 0.127 e. The average Bonchev–Trinajstić information content (AvgIpc) is 2.97. The Balaban J connectivity index is 1.77. The molecular formula is C19H20O2. The molecule has 2 nitrogen and oxygen atoms in total. The number of fused-ring (bicyclic) bond motifs is 3. The lowest BCUT2D eigenvalue weighted by atomic mass is 9.80. The predicted octanol–water partition coefficient (Wildman–Crippen LogP) is 4.72. The number of rotatable bonds is 1. The maximum atomic E-state index is 9.77. The Morgan fingerprint density at radius 2 is 1.86 bits per heavy atom. The standard InChI is InChI=1S/C19H20O2/c1-12-5-7-13(8-6-12)19-16-4-2-3-15(16)17-11-14(20)9-10-18(17)21-19/h5-11,15-16,19-20H,2-4H2,1H3/t15-,16+,19-/m0/s1. The van der Waals surface area contributed by atoms with Crippen LogP contribution in [0.1, 0.15) is 48.0 Å². The van der Waals surface area contributed by atoms with Gasteiger partial charge in [-0.05, 0) is 49.4 Å². The van der Waals surface area contributed by atoms with Crippen LogP contribution in [0.15, 0.2) is 42.5 Å². The highest BCUT2D eigenvalue weighted by Gasteiger charge is 2.41. The van der Waals surface area contributed by atoms with Gasteiger partial charge in [-0.1, -0.05) is 36.2 Å². The molecule has 2 aromatic carbocycles. The first-order valence-electron chi connectivity index (χ1n) is 7.78. The summed E-state index contributed by atoms with van der Waals surface area (Å²) >= 11 is 0.